The molecule has 2 rings (SSSR count). The van der Waals surface area contributed by atoms with Crippen molar-refractivity contribution in [1.82, 2.24) is 4.90 Å². The van der Waals surface area contributed by atoms with Gasteiger partial charge in [-0.3, -0.25) is 4.90 Å². The van der Waals surface area contributed by atoms with E-state index in [1.54, 1.807) is 0 Å². The van der Waals surface area contributed by atoms with E-state index in [-0.39, 0.29) is 18.5 Å². The highest BCUT2D eigenvalue weighted by atomic mass is 35.5. The number of likely N-dealkylation sites (tertiary alicyclic amines) is 1. The molecule has 0 aromatic heterocycles. The Balaban J connectivity index is 0.00000128. The second kappa shape index (κ2) is 6.24. The summed E-state index contributed by atoms with van der Waals surface area (Å²) in [4.78, 5) is 2.34. The molecule has 1 saturated heterocycles. The number of benzene rings is 1. The fraction of sp³-hybridized carbons (Fsp3) is 0.538. The highest BCUT2D eigenvalue weighted by Gasteiger charge is 2.22. The van der Waals surface area contributed by atoms with Crippen molar-refractivity contribution in [3.8, 4) is 0 Å². The molecule has 1 heterocycles. The molecule has 0 amide bonds. The van der Waals surface area contributed by atoms with Crippen LogP contribution in [-0.4, -0.2) is 29.2 Å². The third kappa shape index (κ3) is 3.78. The van der Waals surface area contributed by atoms with Gasteiger partial charge in [0, 0.05) is 19.6 Å². The van der Waals surface area contributed by atoms with Crippen LogP contribution in [0.25, 0.3) is 0 Å². The van der Waals surface area contributed by atoms with Crippen LogP contribution in [0.4, 0.5) is 0 Å². The van der Waals surface area contributed by atoms with Gasteiger partial charge < -0.3 is 5.11 Å². The van der Waals surface area contributed by atoms with Gasteiger partial charge in [0.2, 0.25) is 0 Å². The summed E-state index contributed by atoms with van der Waals surface area (Å²) in [6.07, 6.45) is 0.808. The zero-order valence-corrected chi connectivity index (χ0v) is 10.5. The molecule has 90 valence electrons. The van der Waals surface area contributed by atoms with Crippen LogP contribution >= 0.6 is 12.4 Å². The Labute approximate surface area is 104 Å². The summed E-state index contributed by atoms with van der Waals surface area (Å²) in [6.45, 7) is 5.09. The molecule has 0 unspecified atom stereocenters. The minimum atomic E-state index is -0.141. The molecule has 1 aliphatic rings. The summed E-state index contributed by atoms with van der Waals surface area (Å²) >= 11 is 0. The summed E-state index contributed by atoms with van der Waals surface area (Å²) in [7, 11) is 0. The minimum Gasteiger partial charge on any atom is -0.392 e. The lowest BCUT2D eigenvalue weighted by molar-refractivity contribution is 0.0409. The van der Waals surface area contributed by atoms with Crippen molar-refractivity contribution in [2.75, 3.05) is 13.1 Å². The van der Waals surface area contributed by atoms with Crippen LogP contribution < -0.4 is 0 Å². The van der Waals surface area contributed by atoms with Gasteiger partial charge in [-0.25, -0.2) is 0 Å². The highest BCUT2D eigenvalue weighted by molar-refractivity contribution is 5.85. The number of hydrogen-bond acceptors (Lipinski definition) is 2. The maximum atomic E-state index is 9.69. The maximum absolute atomic E-state index is 9.69. The van der Waals surface area contributed by atoms with E-state index in [2.05, 4.69) is 36.1 Å². The largest absolute Gasteiger partial charge is 0.392 e. The average Bonchev–Trinajstić information content (AvgIpc) is 2.17. The molecule has 2 nitrogen and oxygen atoms in total. The standard InChI is InChI=1S/C13H19NO.ClH/c1-11-7-13(15)10-14(8-11)9-12-5-3-2-4-6-12;/h2-6,11,13,15H,7-10H2,1H3;1H/t11-,13+;/m1./s1. The maximum Gasteiger partial charge on any atom is 0.0670 e. The van der Waals surface area contributed by atoms with Crippen molar-refractivity contribution >= 4 is 12.4 Å². The van der Waals surface area contributed by atoms with Crippen molar-refractivity contribution in [3.63, 3.8) is 0 Å². The van der Waals surface area contributed by atoms with E-state index in [0.717, 1.165) is 26.1 Å². The molecule has 0 saturated carbocycles. The Bertz CT molecular complexity index is 294. The lowest BCUT2D eigenvalue weighted by atomic mass is 9.97. The Morgan fingerprint density at radius 3 is 2.56 bits per heavy atom. The predicted octanol–water partition coefficient (Wildman–Crippen LogP) is 2.31. The molecule has 0 aliphatic carbocycles. The number of β-amino-alcohol motifs (C(OH)–C–C–N with tert-alkyl or cyclic N) is 1. The van der Waals surface area contributed by atoms with Crippen molar-refractivity contribution in [2.24, 2.45) is 5.92 Å². The van der Waals surface area contributed by atoms with E-state index in [9.17, 15) is 5.11 Å². The molecule has 1 N–H and O–H groups in total. The first kappa shape index (κ1) is 13.5. The Morgan fingerprint density at radius 1 is 1.25 bits per heavy atom. The van der Waals surface area contributed by atoms with Crippen LogP contribution in [0.5, 0.6) is 0 Å². The smallest absolute Gasteiger partial charge is 0.0670 e. The third-order valence-corrected chi connectivity index (χ3v) is 2.96. The van der Waals surface area contributed by atoms with Crippen molar-refractivity contribution in [2.45, 2.75) is 26.0 Å². The first-order chi connectivity index (χ1) is 7.24. The lowest BCUT2D eigenvalue weighted by Crippen LogP contribution is -2.41. The molecule has 16 heavy (non-hydrogen) atoms. The predicted molar refractivity (Wildman–Crippen MR) is 68.8 cm³/mol. The summed E-state index contributed by atoms with van der Waals surface area (Å²) < 4.78 is 0. The molecule has 0 spiro atoms. The highest BCUT2D eigenvalue weighted by Crippen LogP contribution is 2.18. The number of rotatable bonds is 2. The normalized spacial score (nSPS) is 26.1. The number of nitrogens with zero attached hydrogens (tertiary/aromatic N) is 1. The monoisotopic (exact) mass is 241 g/mol. The SMILES string of the molecule is C[C@@H]1C[C@H](O)CN(Cc2ccccc2)C1.Cl. The summed E-state index contributed by atoms with van der Waals surface area (Å²) in [5.74, 6) is 0.609. The van der Waals surface area contributed by atoms with Crippen molar-refractivity contribution in [3.05, 3.63) is 35.9 Å². The van der Waals surface area contributed by atoms with Crippen LogP contribution in [0.3, 0.4) is 0 Å². The van der Waals surface area contributed by atoms with Crippen molar-refractivity contribution in [1.29, 1.82) is 0 Å². The molecule has 1 aromatic carbocycles. The van der Waals surface area contributed by atoms with E-state index in [4.69, 9.17) is 0 Å². The third-order valence-electron chi connectivity index (χ3n) is 2.96. The van der Waals surface area contributed by atoms with Gasteiger partial charge in [0.15, 0.2) is 0 Å². The first-order valence-electron chi connectivity index (χ1n) is 5.68. The molecule has 0 radical (unpaired) electrons. The summed E-state index contributed by atoms with van der Waals surface area (Å²) in [5, 5.41) is 9.69. The van der Waals surface area contributed by atoms with E-state index >= 15 is 0 Å². The van der Waals surface area contributed by atoms with Crippen molar-refractivity contribution < 1.29 is 5.11 Å². The second-order valence-corrected chi connectivity index (χ2v) is 4.67. The fourth-order valence-corrected chi connectivity index (χ4v) is 2.40. The van der Waals surface area contributed by atoms with Gasteiger partial charge in [0.1, 0.15) is 0 Å². The molecule has 1 aromatic rings. The zero-order chi connectivity index (χ0) is 10.7. The van der Waals surface area contributed by atoms with Gasteiger partial charge in [-0.15, -0.1) is 12.4 Å². The number of piperidine rings is 1. The molecular weight excluding hydrogens is 222 g/mol. The molecule has 2 atom stereocenters. The van der Waals surface area contributed by atoms with Crippen LogP contribution in [0, 0.1) is 5.92 Å². The minimum absolute atomic E-state index is 0. The van der Waals surface area contributed by atoms with E-state index in [1.807, 2.05) is 6.07 Å². The lowest BCUT2D eigenvalue weighted by Gasteiger charge is -2.34. The quantitative estimate of drug-likeness (QED) is 0.859. The van der Waals surface area contributed by atoms with E-state index < -0.39 is 0 Å². The summed E-state index contributed by atoms with van der Waals surface area (Å²) in [5.41, 5.74) is 1.33. The Hall–Kier alpha value is -0.570. The fourth-order valence-electron chi connectivity index (χ4n) is 2.40. The van der Waals surface area contributed by atoms with Crippen LogP contribution in [0.15, 0.2) is 30.3 Å². The number of aliphatic hydroxyl groups is 1. The molecule has 0 bridgehead atoms. The number of aliphatic hydroxyl groups excluding tert-OH is 1. The van der Waals surface area contributed by atoms with Gasteiger partial charge in [-0.2, -0.15) is 0 Å². The van der Waals surface area contributed by atoms with Crippen LogP contribution in [-0.2, 0) is 6.54 Å². The Morgan fingerprint density at radius 2 is 1.94 bits per heavy atom. The summed E-state index contributed by atoms with van der Waals surface area (Å²) in [6, 6.07) is 10.5. The Kier molecular flexibility index (Phi) is 5.26. The molecule has 1 aliphatic heterocycles. The van der Waals surface area contributed by atoms with Gasteiger partial charge in [0.05, 0.1) is 6.10 Å². The van der Waals surface area contributed by atoms with Crippen LogP contribution in [0.2, 0.25) is 0 Å². The number of hydrogen-bond donors (Lipinski definition) is 1. The van der Waals surface area contributed by atoms with Gasteiger partial charge in [-0.05, 0) is 17.9 Å². The van der Waals surface area contributed by atoms with Gasteiger partial charge in [-0.1, -0.05) is 37.3 Å². The zero-order valence-electron chi connectivity index (χ0n) is 9.67. The van der Waals surface area contributed by atoms with Gasteiger partial charge >= 0.3 is 0 Å². The van der Waals surface area contributed by atoms with Gasteiger partial charge in [0.25, 0.3) is 0 Å². The van der Waals surface area contributed by atoms with E-state index in [0.29, 0.717) is 5.92 Å². The topological polar surface area (TPSA) is 23.5 Å². The number of halogens is 1. The second-order valence-electron chi connectivity index (χ2n) is 4.67. The first-order valence-corrected chi connectivity index (χ1v) is 5.68. The van der Waals surface area contributed by atoms with Crippen LogP contribution in [0.1, 0.15) is 18.9 Å². The molecule has 3 heteroatoms. The molecular formula is C13H20ClNO. The van der Waals surface area contributed by atoms with E-state index in [1.165, 1.54) is 5.56 Å². The average molecular weight is 242 g/mol. The molecule has 1 fully saturated rings.